The van der Waals surface area contributed by atoms with E-state index in [0.29, 0.717) is 17.5 Å². The quantitative estimate of drug-likeness (QED) is 0.684. The lowest BCUT2D eigenvalue weighted by Gasteiger charge is -2.26. The van der Waals surface area contributed by atoms with E-state index in [1.165, 1.54) is 0 Å². The van der Waals surface area contributed by atoms with Gasteiger partial charge >= 0.3 is 12.1 Å². The van der Waals surface area contributed by atoms with Crippen LogP contribution in [-0.2, 0) is 0 Å². The van der Waals surface area contributed by atoms with Crippen LogP contribution in [0.1, 0.15) is 5.69 Å². The normalized spacial score (nSPS) is 15.0. The van der Waals surface area contributed by atoms with Gasteiger partial charge in [0.15, 0.2) is 4.34 Å². The van der Waals surface area contributed by atoms with Crippen LogP contribution in [0.5, 0.6) is 0 Å². The second-order valence-corrected chi connectivity index (χ2v) is 5.53. The van der Waals surface area contributed by atoms with Crippen LogP contribution < -0.4 is 5.73 Å². The van der Waals surface area contributed by atoms with Crippen molar-refractivity contribution in [1.29, 1.82) is 0 Å². The molecule has 9 heteroatoms. The van der Waals surface area contributed by atoms with Crippen molar-refractivity contribution in [1.82, 2.24) is 4.98 Å². The van der Waals surface area contributed by atoms with E-state index in [9.17, 15) is 22.0 Å². The van der Waals surface area contributed by atoms with Crippen molar-refractivity contribution in [3.63, 3.8) is 0 Å². The molecular formula is C8H9F5N2S2. The maximum atomic E-state index is 13.0. The molecule has 0 aliphatic heterocycles. The zero-order valence-corrected chi connectivity index (χ0v) is 10.2. The minimum atomic E-state index is -5.60. The van der Waals surface area contributed by atoms with Crippen LogP contribution in [0.15, 0.2) is 9.72 Å². The van der Waals surface area contributed by atoms with Crippen molar-refractivity contribution in [3.05, 3.63) is 11.1 Å². The summed E-state index contributed by atoms with van der Waals surface area (Å²) in [6, 6.07) is 0. The molecule has 0 amide bonds. The number of halogens is 5. The van der Waals surface area contributed by atoms with E-state index >= 15 is 0 Å². The third-order valence-corrected chi connectivity index (χ3v) is 4.23. The predicted octanol–water partition coefficient (Wildman–Crippen LogP) is 3.07. The molecule has 17 heavy (non-hydrogen) atoms. The number of thiazole rings is 1. The molecule has 0 aliphatic rings. The minimum absolute atomic E-state index is 0.155. The van der Waals surface area contributed by atoms with E-state index in [4.69, 9.17) is 5.73 Å². The molecule has 0 spiro atoms. The summed E-state index contributed by atoms with van der Waals surface area (Å²) in [5, 5.41) is -0.491. The Labute approximate surface area is 102 Å². The monoisotopic (exact) mass is 292 g/mol. The molecule has 1 heterocycles. The number of thioether (sulfide) groups is 1. The van der Waals surface area contributed by atoms with E-state index in [1.54, 1.807) is 12.3 Å². The van der Waals surface area contributed by atoms with Gasteiger partial charge in [-0.1, -0.05) is 11.8 Å². The average Bonchev–Trinajstić information content (AvgIpc) is 2.58. The number of nitrogens with zero attached hydrogens (tertiary/aromatic N) is 1. The van der Waals surface area contributed by atoms with Crippen LogP contribution in [-0.4, -0.2) is 28.9 Å². The van der Waals surface area contributed by atoms with Gasteiger partial charge in [-0.2, -0.15) is 22.0 Å². The zero-order valence-electron chi connectivity index (χ0n) is 8.59. The molecule has 1 unspecified atom stereocenters. The Morgan fingerprint density at radius 1 is 1.41 bits per heavy atom. The second kappa shape index (κ2) is 5.07. The van der Waals surface area contributed by atoms with Gasteiger partial charge in [0.25, 0.3) is 0 Å². The lowest BCUT2D eigenvalue weighted by molar-refractivity contribution is -0.280. The topological polar surface area (TPSA) is 38.9 Å². The van der Waals surface area contributed by atoms with E-state index in [-0.39, 0.29) is 4.34 Å². The van der Waals surface area contributed by atoms with Gasteiger partial charge in [0, 0.05) is 17.6 Å². The maximum absolute atomic E-state index is 13.0. The molecule has 0 aliphatic carbocycles. The Morgan fingerprint density at radius 2 is 2.00 bits per heavy atom. The highest BCUT2D eigenvalue weighted by Crippen LogP contribution is 2.44. The molecule has 0 saturated heterocycles. The summed E-state index contributed by atoms with van der Waals surface area (Å²) in [5.74, 6) is -4.83. The lowest BCUT2D eigenvalue weighted by Crippen LogP contribution is -2.48. The Hall–Kier alpha value is -0.410. The van der Waals surface area contributed by atoms with Gasteiger partial charge in [0.1, 0.15) is 0 Å². The van der Waals surface area contributed by atoms with Crippen LogP contribution >= 0.6 is 23.1 Å². The molecule has 1 aromatic heterocycles. The highest BCUT2D eigenvalue weighted by Gasteiger charge is 2.62. The standard InChI is InChI=1S/C8H9F5N2S2/c1-4-3-16-6(15-4)17-5(2-14)7(9,10)8(11,12)13/h3,5H,2,14H2,1H3. The van der Waals surface area contributed by atoms with Crippen LogP contribution in [0, 0.1) is 6.92 Å². The minimum Gasteiger partial charge on any atom is -0.329 e. The Kier molecular flexibility index (Phi) is 4.37. The molecule has 0 radical (unpaired) electrons. The van der Waals surface area contributed by atoms with E-state index < -0.39 is 23.9 Å². The smallest absolute Gasteiger partial charge is 0.329 e. The molecular weight excluding hydrogens is 283 g/mol. The fourth-order valence-electron chi connectivity index (χ4n) is 0.961. The molecule has 0 aromatic carbocycles. The fraction of sp³-hybridized carbons (Fsp3) is 0.625. The fourth-order valence-corrected chi connectivity index (χ4v) is 3.01. The molecule has 0 fully saturated rings. The summed E-state index contributed by atoms with van der Waals surface area (Å²) in [6.07, 6.45) is -5.60. The molecule has 0 bridgehead atoms. The number of hydrogen-bond acceptors (Lipinski definition) is 4. The number of hydrogen-bond donors (Lipinski definition) is 1. The molecule has 1 rings (SSSR count). The summed E-state index contributed by atoms with van der Waals surface area (Å²) in [7, 11) is 0. The maximum Gasteiger partial charge on any atom is 0.454 e. The highest BCUT2D eigenvalue weighted by atomic mass is 32.2. The summed E-state index contributed by atoms with van der Waals surface area (Å²) in [4.78, 5) is 3.82. The van der Waals surface area contributed by atoms with Gasteiger partial charge in [-0.05, 0) is 6.92 Å². The molecule has 2 N–H and O–H groups in total. The van der Waals surface area contributed by atoms with Crippen LogP contribution in [0.4, 0.5) is 22.0 Å². The third kappa shape index (κ3) is 3.29. The third-order valence-electron chi connectivity index (χ3n) is 1.84. The first-order chi connectivity index (χ1) is 7.68. The van der Waals surface area contributed by atoms with Crippen molar-refractivity contribution in [2.75, 3.05) is 6.54 Å². The number of alkyl halides is 5. The van der Waals surface area contributed by atoms with Crippen LogP contribution in [0.2, 0.25) is 0 Å². The predicted molar refractivity (Wildman–Crippen MR) is 56.6 cm³/mol. The number of aromatic nitrogens is 1. The van der Waals surface area contributed by atoms with Gasteiger partial charge in [0.2, 0.25) is 0 Å². The van der Waals surface area contributed by atoms with Crippen molar-refractivity contribution in [3.8, 4) is 0 Å². The van der Waals surface area contributed by atoms with E-state index in [0.717, 1.165) is 11.3 Å². The molecule has 98 valence electrons. The lowest BCUT2D eigenvalue weighted by atomic mass is 10.2. The second-order valence-electron chi connectivity index (χ2n) is 3.22. The number of rotatable bonds is 4. The van der Waals surface area contributed by atoms with Gasteiger partial charge in [-0.3, -0.25) is 0 Å². The average molecular weight is 292 g/mol. The van der Waals surface area contributed by atoms with Crippen molar-refractivity contribution >= 4 is 23.1 Å². The van der Waals surface area contributed by atoms with Gasteiger partial charge in [-0.25, -0.2) is 4.98 Å². The van der Waals surface area contributed by atoms with E-state index in [2.05, 4.69) is 4.98 Å². The molecule has 1 aromatic rings. The van der Waals surface area contributed by atoms with Crippen LogP contribution in [0.25, 0.3) is 0 Å². The van der Waals surface area contributed by atoms with Gasteiger partial charge in [0.05, 0.1) is 5.25 Å². The largest absolute Gasteiger partial charge is 0.454 e. The number of nitrogens with two attached hydrogens (primary N) is 1. The Bertz CT molecular complexity index is 376. The molecule has 0 saturated carbocycles. The summed E-state index contributed by atoms with van der Waals surface area (Å²) >= 11 is 1.37. The first-order valence-electron chi connectivity index (χ1n) is 4.42. The Morgan fingerprint density at radius 3 is 2.35 bits per heavy atom. The summed E-state index contributed by atoms with van der Waals surface area (Å²) in [5.41, 5.74) is 5.56. The van der Waals surface area contributed by atoms with Gasteiger partial charge < -0.3 is 5.73 Å². The Balaban J connectivity index is 2.85. The molecule has 1 atom stereocenters. The molecule has 2 nitrogen and oxygen atoms in total. The van der Waals surface area contributed by atoms with Crippen molar-refractivity contribution in [2.45, 2.75) is 28.6 Å². The SMILES string of the molecule is Cc1csc(SC(CN)C(F)(F)C(F)(F)F)n1. The zero-order chi connectivity index (χ0) is 13.3. The number of aryl methyl sites for hydroxylation is 1. The van der Waals surface area contributed by atoms with Gasteiger partial charge in [-0.15, -0.1) is 11.3 Å². The van der Waals surface area contributed by atoms with Crippen molar-refractivity contribution in [2.24, 2.45) is 5.73 Å². The van der Waals surface area contributed by atoms with Crippen LogP contribution in [0.3, 0.4) is 0 Å². The van der Waals surface area contributed by atoms with E-state index in [1.807, 2.05) is 0 Å². The first-order valence-corrected chi connectivity index (χ1v) is 6.17. The summed E-state index contributed by atoms with van der Waals surface area (Å²) < 4.78 is 62.7. The summed E-state index contributed by atoms with van der Waals surface area (Å²) in [6.45, 7) is 0.843. The first kappa shape index (κ1) is 14.7. The van der Waals surface area contributed by atoms with Crippen molar-refractivity contribution < 1.29 is 22.0 Å². The highest BCUT2D eigenvalue weighted by molar-refractivity contribution is 8.01.